The molecule has 0 atom stereocenters. The fraction of sp³-hybridized carbons (Fsp3) is 0.444. The molecule has 2 rings (SSSR count). The van der Waals surface area contributed by atoms with Crippen LogP contribution in [-0.4, -0.2) is 41.7 Å². The van der Waals surface area contributed by atoms with Gasteiger partial charge in [0, 0.05) is 13.2 Å². The average Bonchev–Trinajstić information content (AvgIpc) is 2.77. The summed E-state index contributed by atoms with van der Waals surface area (Å²) in [6.07, 6.45) is 0.713. The van der Waals surface area contributed by atoms with Crippen LogP contribution in [-0.2, 0) is 14.3 Å². The van der Waals surface area contributed by atoms with Crippen molar-refractivity contribution in [3.63, 3.8) is 0 Å². The van der Waals surface area contributed by atoms with Gasteiger partial charge in [0.25, 0.3) is 11.8 Å². The maximum Gasteiger partial charge on any atom is 0.267 e. The lowest BCUT2D eigenvalue weighted by Gasteiger charge is -2.15. The second kappa shape index (κ2) is 8.44. The summed E-state index contributed by atoms with van der Waals surface area (Å²) in [6, 6.07) is 5.68. The molecular formula is C18H22FNO3S. The zero-order valence-corrected chi connectivity index (χ0v) is 15.0. The number of thioether (sulfide) groups is 1. The first kappa shape index (κ1) is 18.7. The van der Waals surface area contributed by atoms with Gasteiger partial charge in [-0.2, -0.15) is 0 Å². The zero-order valence-electron chi connectivity index (χ0n) is 14.2. The van der Waals surface area contributed by atoms with Crippen molar-refractivity contribution < 1.29 is 18.7 Å². The number of benzene rings is 1. The van der Waals surface area contributed by atoms with Crippen LogP contribution < -0.4 is 0 Å². The molecule has 1 heterocycles. The fourth-order valence-corrected chi connectivity index (χ4v) is 3.32. The lowest BCUT2D eigenvalue weighted by molar-refractivity contribution is -0.136. The van der Waals surface area contributed by atoms with Gasteiger partial charge in [-0.1, -0.05) is 19.1 Å². The molecule has 4 nitrogen and oxygen atoms in total. The van der Waals surface area contributed by atoms with E-state index in [4.69, 9.17) is 4.74 Å². The third-order valence-corrected chi connectivity index (χ3v) is 4.48. The molecule has 0 radical (unpaired) electrons. The molecule has 0 spiro atoms. The van der Waals surface area contributed by atoms with Crippen molar-refractivity contribution in [3.05, 3.63) is 40.6 Å². The van der Waals surface area contributed by atoms with E-state index in [9.17, 15) is 14.0 Å². The summed E-state index contributed by atoms with van der Waals surface area (Å²) >= 11 is 1.35. The third kappa shape index (κ3) is 4.24. The molecule has 2 amide bonds. The minimum atomic E-state index is -0.372. The van der Waals surface area contributed by atoms with E-state index in [2.05, 4.69) is 0 Å². The lowest BCUT2D eigenvalue weighted by atomic mass is 10.1. The van der Waals surface area contributed by atoms with E-state index < -0.39 is 0 Å². The first-order chi connectivity index (χ1) is 11.5. The van der Waals surface area contributed by atoms with E-state index >= 15 is 0 Å². The summed E-state index contributed by atoms with van der Waals surface area (Å²) in [7, 11) is 0. The Hall–Kier alpha value is -1.66. The number of nitrogens with zero attached hydrogens (tertiary/aromatic N) is 1. The van der Waals surface area contributed by atoms with E-state index in [1.165, 1.54) is 40.9 Å². The summed E-state index contributed by atoms with van der Waals surface area (Å²) in [5, 5.41) is 0. The van der Waals surface area contributed by atoms with E-state index in [1.54, 1.807) is 0 Å². The van der Waals surface area contributed by atoms with E-state index in [0.29, 0.717) is 41.4 Å². The normalized spacial score (nSPS) is 15.1. The Kier molecular flexibility index (Phi) is 6.57. The number of hydrogen-bond donors (Lipinski definition) is 0. The Morgan fingerprint density at radius 2 is 1.83 bits per heavy atom. The van der Waals surface area contributed by atoms with Crippen LogP contribution in [0.5, 0.6) is 0 Å². The van der Waals surface area contributed by atoms with Crippen LogP contribution in [0.3, 0.4) is 0 Å². The molecule has 0 unspecified atom stereocenters. The van der Waals surface area contributed by atoms with Crippen LogP contribution in [0.25, 0.3) is 5.57 Å². The molecule has 0 aromatic heterocycles. The zero-order chi connectivity index (χ0) is 17.7. The monoisotopic (exact) mass is 351 g/mol. The molecule has 130 valence electrons. The van der Waals surface area contributed by atoms with Gasteiger partial charge in [-0.25, -0.2) is 4.39 Å². The Labute approximate surface area is 146 Å². The standard InChI is InChI=1S/C18H22FNO3S/c1-4-24-16-15(13-6-8-14(19)9-7-13)17(21)20(18(16)22)10-5-11-23-12(2)3/h6-9,12H,4-5,10-11H2,1-3H3. The van der Waals surface area contributed by atoms with Crippen LogP contribution in [0.4, 0.5) is 4.39 Å². The molecule has 0 aliphatic carbocycles. The fourth-order valence-electron chi connectivity index (χ4n) is 2.45. The van der Waals surface area contributed by atoms with Gasteiger partial charge < -0.3 is 4.74 Å². The summed E-state index contributed by atoms with van der Waals surface area (Å²) < 4.78 is 18.6. The van der Waals surface area contributed by atoms with Gasteiger partial charge in [0.1, 0.15) is 5.82 Å². The lowest BCUT2D eigenvalue weighted by Crippen LogP contribution is -2.33. The van der Waals surface area contributed by atoms with Gasteiger partial charge in [0.05, 0.1) is 16.6 Å². The number of rotatable bonds is 8. The number of hydrogen-bond acceptors (Lipinski definition) is 4. The van der Waals surface area contributed by atoms with Crippen molar-refractivity contribution in [2.24, 2.45) is 0 Å². The second-order valence-electron chi connectivity index (χ2n) is 5.68. The molecule has 1 aliphatic rings. The van der Waals surface area contributed by atoms with Gasteiger partial charge in [-0.3, -0.25) is 14.5 Å². The second-order valence-corrected chi connectivity index (χ2v) is 6.95. The van der Waals surface area contributed by atoms with Gasteiger partial charge in [-0.05, 0) is 43.7 Å². The Balaban J connectivity index is 2.18. The quantitative estimate of drug-likeness (QED) is 0.531. The molecule has 0 fully saturated rings. The Morgan fingerprint density at radius 3 is 2.42 bits per heavy atom. The largest absolute Gasteiger partial charge is 0.379 e. The average molecular weight is 351 g/mol. The highest BCUT2D eigenvalue weighted by Gasteiger charge is 2.38. The highest BCUT2D eigenvalue weighted by molar-refractivity contribution is 8.04. The van der Waals surface area contributed by atoms with Crippen LogP contribution in [0.2, 0.25) is 0 Å². The summed E-state index contributed by atoms with van der Waals surface area (Å²) in [6.45, 7) is 6.63. The molecule has 0 saturated heterocycles. The highest BCUT2D eigenvalue weighted by Crippen LogP contribution is 2.35. The minimum absolute atomic E-state index is 0.120. The van der Waals surface area contributed by atoms with Crippen LogP contribution >= 0.6 is 11.8 Å². The maximum atomic E-state index is 13.1. The molecule has 0 N–H and O–H groups in total. The van der Waals surface area contributed by atoms with E-state index in [-0.39, 0.29) is 23.7 Å². The van der Waals surface area contributed by atoms with Crippen molar-refractivity contribution in [2.45, 2.75) is 33.3 Å². The number of imide groups is 1. The minimum Gasteiger partial charge on any atom is -0.379 e. The van der Waals surface area contributed by atoms with Gasteiger partial charge in [0.2, 0.25) is 0 Å². The summed E-state index contributed by atoms with van der Waals surface area (Å²) in [5.74, 6) is -0.269. The van der Waals surface area contributed by atoms with E-state index in [1.807, 2.05) is 20.8 Å². The first-order valence-corrected chi connectivity index (χ1v) is 9.05. The number of carbonyl (C=O) groups excluding carboxylic acids is 2. The number of amides is 2. The molecule has 1 aliphatic heterocycles. The van der Waals surface area contributed by atoms with Crippen LogP contribution in [0.1, 0.15) is 32.8 Å². The number of halogens is 1. The Morgan fingerprint density at radius 1 is 1.17 bits per heavy atom. The molecule has 0 bridgehead atoms. The first-order valence-electron chi connectivity index (χ1n) is 8.06. The smallest absolute Gasteiger partial charge is 0.267 e. The molecule has 6 heteroatoms. The van der Waals surface area contributed by atoms with Crippen molar-refractivity contribution in [3.8, 4) is 0 Å². The predicted molar refractivity (Wildman–Crippen MR) is 93.9 cm³/mol. The van der Waals surface area contributed by atoms with Gasteiger partial charge >= 0.3 is 0 Å². The topological polar surface area (TPSA) is 46.6 Å². The number of ether oxygens (including phenoxy) is 1. The predicted octanol–water partition coefficient (Wildman–Crippen LogP) is 3.47. The molecule has 1 aromatic carbocycles. The van der Waals surface area contributed by atoms with Gasteiger partial charge in [-0.15, -0.1) is 11.8 Å². The van der Waals surface area contributed by atoms with Crippen LogP contribution in [0.15, 0.2) is 29.2 Å². The van der Waals surface area contributed by atoms with Gasteiger partial charge in [0.15, 0.2) is 0 Å². The third-order valence-electron chi connectivity index (χ3n) is 3.52. The molecular weight excluding hydrogens is 329 g/mol. The van der Waals surface area contributed by atoms with Crippen LogP contribution in [0, 0.1) is 5.82 Å². The summed E-state index contributed by atoms with van der Waals surface area (Å²) in [4.78, 5) is 27.0. The SMILES string of the molecule is CCSC1=C(c2ccc(F)cc2)C(=O)N(CCCOC(C)C)C1=O. The van der Waals surface area contributed by atoms with E-state index in [0.717, 1.165) is 0 Å². The molecule has 0 saturated carbocycles. The van der Waals surface area contributed by atoms with Crippen molar-refractivity contribution >= 4 is 29.1 Å². The van der Waals surface area contributed by atoms with Crippen molar-refractivity contribution in [1.82, 2.24) is 4.90 Å². The molecule has 24 heavy (non-hydrogen) atoms. The summed E-state index contributed by atoms with van der Waals surface area (Å²) in [5.41, 5.74) is 0.947. The highest BCUT2D eigenvalue weighted by atomic mass is 32.2. The van der Waals surface area contributed by atoms with Crippen molar-refractivity contribution in [1.29, 1.82) is 0 Å². The van der Waals surface area contributed by atoms with Crippen molar-refractivity contribution in [2.75, 3.05) is 18.9 Å². The Bertz CT molecular complexity index is 640. The number of carbonyl (C=O) groups is 2. The molecule has 1 aromatic rings. The maximum absolute atomic E-state index is 13.1.